The van der Waals surface area contributed by atoms with Gasteiger partial charge in [0.25, 0.3) is 5.78 Å². The number of halogens is 2. The van der Waals surface area contributed by atoms with Gasteiger partial charge in [-0.25, -0.2) is 9.38 Å². The first-order valence-electron chi connectivity index (χ1n) is 13.5. The van der Waals surface area contributed by atoms with Crippen LogP contribution in [0.5, 0.6) is 0 Å². The Labute approximate surface area is 251 Å². The Morgan fingerprint density at radius 2 is 1.50 bits per heavy atom. The van der Waals surface area contributed by atoms with E-state index in [9.17, 15) is 0 Å². The van der Waals surface area contributed by atoms with E-state index in [0.29, 0.717) is 5.78 Å². The fourth-order valence-electron chi connectivity index (χ4n) is 5.75. The molecule has 0 radical (unpaired) electrons. The van der Waals surface area contributed by atoms with Crippen LogP contribution in [0.15, 0.2) is 70.1 Å². The summed E-state index contributed by atoms with van der Waals surface area (Å²) in [5.41, 5.74) is 4.38. The highest BCUT2D eigenvalue weighted by molar-refractivity contribution is 9.10. The van der Waals surface area contributed by atoms with Gasteiger partial charge in [-0.2, -0.15) is 4.98 Å². The molecule has 11 heteroatoms. The van der Waals surface area contributed by atoms with E-state index in [1.807, 2.05) is 10.7 Å². The summed E-state index contributed by atoms with van der Waals surface area (Å²) in [7, 11) is 4.14. The van der Waals surface area contributed by atoms with E-state index < -0.39 is 0 Å². The highest BCUT2D eigenvalue weighted by atomic mass is 79.9. The van der Waals surface area contributed by atoms with E-state index in [1.165, 1.54) is 11.1 Å². The summed E-state index contributed by atoms with van der Waals surface area (Å²) in [5, 5.41) is 8.51. The van der Waals surface area contributed by atoms with Crippen molar-refractivity contribution in [3.05, 3.63) is 81.3 Å². The van der Waals surface area contributed by atoms with Crippen LogP contribution in [-0.2, 0) is 0 Å². The lowest BCUT2D eigenvalue weighted by atomic mass is 9.93. The molecular weight excluding hydrogens is 634 g/mol. The van der Waals surface area contributed by atoms with Crippen LogP contribution >= 0.6 is 31.9 Å². The highest BCUT2D eigenvalue weighted by Gasteiger charge is 2.37. The van der Waals surface area contributed by atoms with E-state index in [-0.39, 0.29) is 24.3 Å². The first-order valence-corrected chi connectivity index (χ1v) is 15.1. The van der Waals surface area contributed by atoms with Gasteiger partial charge in [0, 0.05) is 34.1 Å². The lowest BCUT2D eigenvalue weighted by Gasteiger charge is -2.48. The summed E-state index contributed by atoms with van der Waals surface area (Å²) in [6, 6.07) is 18.0. The summed E-state index contributed by atoms with van der Waals surface area (Å²) in [4.78, 5) is 17.1. The maximum absolute atomic E-state index is 4.99. The number of anilines is 1. The van der Waals surface area contributed by atoms with Crippen LogP contribution < -0.4 is 4.90 Å². The van der Waals surface area contributed by atoms with Crippen LogP contribution in [0, 0.1) is 0 Å². The van der Waals surface area contributed by atoms with Gasteiger partial charge in [0.15, 0.2) is 11.5 Å². The fraction of sp³-hybridized carbons (Fsp3) is 0.379. The topological polar surface area (TPSA) is 70.6 Å². The zero-order valence-corrected chi connectivity index (χ0v) is 26.4. The molecule has 0 N–H and O–H groups in total. The third-order valence-electron chi connectivity index (χ3n) is 8.10. The van der Waals surface area contributed by atoms with Crippen LogP contribution in [0.2, 0.25) is 0 Å². The molecule has 0 spiro atoms. The smallest absolute Gasteiger partial charge is 0.258 e. The summed E-state index contributed by atoms with van der Waals surface area (Å²) >= 11 is 7.22. The van der Waals surface area contributed by atoms with Gasteiger partial charge in [-0.05, 0) is 70.3 Å². The number of hydrogen-bond acceptors (Lipinski definition) is 7. The maximum Gasteiger partial charge on any atom is 0.258 e. The van der Waals surface area contributed by atoms with Gasteiger partial charge >= 0.3 is 0 Å². The molecule has 1 aliphatic heterocycles. The summed E-state index contributed by atoms with van der Waals surface area (Å²) < 4.78 is 6.27. The molecule has 2 aromatic carbocycles. The van der Waals surface area contributed by atoms with Gasteiger partial charge in [-0.15, -0.1) is 10.2 Å². The number of piperazine rings is 1. The zero-order chi connectivity index (χ0) is 28.1. The van der Waals surface area contributed by atoms with Gasteiger partial charge in [0.1, 0.15) is 11.8 Å². The van der Waals surface area contributed by atoms with E-state index in [1.54, 1.807) is 6.33 Å². The average molecular weight is 667 g/mol. The molecule has 6 rings (SSSR count). The molecule has 208 valence electrons. The Balaban J connectivity index is 1.39. The zero-order valence-electron chi connectivity index (χ0n) is 23.3. The molecule has 0 aliphatic carbocycles. The Morgan fingerprint density at radius 3 is 2.10 bits per heavy atom. The van der Waals surface area contributed by atoms with Crippen molar-refractivity contribution in [2.24, 2.45) is 0 Å². The fourth-order valence-corrected chi connectivity index (χ4v) is 6.28. The third kappa shape index (κ3) is 4.82. The quantitative estimate of drug-likeness (QED) is 0.228. The summed E-state index contributed by atoms with van der Waals surface area (Å²) in [6.07, 6.45) is 3.73. The van der Waals surface area contributed by atoms with Gasteiger partial charge in [-0.1, -0.05) is 56.1 Å². The average Bonchev–Trinajstić information content (AvgIpc) is 3.59. The lowest BCUT2D eigenvalue weighted by Crippen LogP contribution is -2.57. The summed E-state index contributed by atoms with van der Waals surface area (Å²) in [5.74, 6) is 1.45. The second-order valence-corrected chi connectivity index (χ2v) is 12.7. The molecule has 1 unspecified atom stereocenters. The molecule has 3 atom stereocenters. The minimum Gasteiger partial charge on any atom is -0.349 e. The van der Waals surface area contributed by atoms with Crippen LogP contribution in [0.3, 0.4) is 0 Å². The van der Waals surface area contributed by atoms with Gasteiger partial charge in [0.2, 0.25) is 0 Å². The number of fused-ring (bicyclic) bond motifs is 3. The van der Waals surface area contributed by atoms with E-state index in [2.05, 4.69) is 145 Å². The molecule has 1 fully saturated rings. The van der Waals surface area contributed by atoms with Crippen molar-refractivity contribution < 1.29 is 0 Å². The molecular formula is C29H33Br2N9. The molecule has 9 nitrogen and oxygen atoms in total. The number of aromatic nitrogens is 6. The number of imidazole rings is 1. The highest BCUT2D eigenvalue weighted by Crippen LogP contribution is 2.37. The van der Waals surface area contributed by atoms with Crippen molar-refractivity contribution in [3.63, 3.8) is 0 Å². The van der Waals surface area contributed by atoms with Crippen molar-refractivity contribution in [1.29, 1.82) is 0 Å². The second-order valence-electron chi connectivity index (χ2n) is 10.9. The minimum atomic E-state index is 0.108. The van der Waals surface area contributed by atoms with E-state index in [0.717, 1.165) is 39.0 Å². The Bertz CT molecular complexity index is 1580. The van der Waals surface area contributed by atoms with Gasteiger partial charge < -0.3 is 4.90 Å². The van der Waals surface area contributed by atoms with E-state index >= 15 is 0 Å². The van der Waals surface area contributed by atoms with Crippen molar-refractivity contribution >= 4 is 54.6 Å². The molecule has 4 heterocycles. The standard InChI is InChI=1S/C29H33Br2N9/c1-18-15-38(27-25-28(40-17-33-35-29(40)34-27)39(16-32-25)20(3)36(4)5)19(2)14-37(18)26(21-6-10-23(30)11-7-21)22-8-12-24(31)13-9-22/h6-13,16-20,26H,14-15H2,1-5H3/t18-,19+,20?/m1/s1. The Kier molecular flexibility index (Phi) is 7.41. The van der Waals surface area contributed by atoms with Crippen LogP contribution in [0.25, 0.3) is 16.9 Å². The predicted octanol–water partition coefficient (Wildman–Crippen LogP) is 5.77. The molecule has 40 heavy (non-hydrogen) atoms. The molecule has 0 saturated carbocycles. The lowest BCUT2D eigenvalue weighted by molar-refractivity contribution is 0.129. The van der Waals surface area contributed by atoms with Crippen LogP contribution in [-0.4, -0.2) is 78.2 Å². The molecule has 3 aromatic heterocycles. The maximum atomic E-state index is 4.99. The van der Waals surface area contributed by atoms with E-state index in [4.69, 9.17) is 9.97 Å². The largest absolute Gasteiger partial charge is 0.349 e. The van der Waals surface area contributed by atoms with Crippen LogP contribution in [0.1, 0.15) is 44.1 Å². The minimum absolute atomic E-state index is 0.108. The monoisotopic (exact) mass is 665 g/mol. The van der Waals surface area contributed by atoms with Crippen molar-refractivity contribution in [1.82, 2.24) is 38.9 Å². The first kappa shape index (κ1) is 27.3. The van der Waals surface area contributed by atoms with Gasteiger partial charge in [-0.3, -0.25) is 14.4 Å². The van der Waals surface area contributed by atoms with Crippen molar-refractivity contribution in [2.45, 2.75) is 45.1 Å². The van der Waals surface area contributed by atoms with Crippen LogP contribution in [0.4, 0.5) is 5.82 Å². The second kappa shape index (κ2) is 10.8. The SMILES string of the molecule is CC(N(C)C)n1cnc2c(N3C[C@@H](C)N(C(c4ccc(Br)cc4)c4ccc(Br)cc4)C[C@@H]3C)nc3nncn3c21. The number of nitrogens with zero attached hydrogens (tertiary/aromatic N) is 9. The number of benzene rings is 2. The summed E-state index contributed by atoms with van der Waals surface area (Å²) in [6.45, 7) is 8.43. The molecule has 1 saturated heterocycles. The van der Waals surface area contributed by atoms with Crippen molar-refractivity contribution in [3.8, 4) is 0 Å². The number of rotatable bonds is 6. The number of hydrogen-bond donors (Lipinski definition) is 0. The predicted molar refractivity (Wildman–Crippen MR) is 166 cm³/mol. The molecule has 5 aromatic rings. The molecule has 0 bridgehead atoms. The normalized spacial score (nSPS) is 19.4. The Morgan fingerprint density at radius 1 is 0.875 bits per heavy atom. The van der Waals surface area contributed by atoms with Crippen molar-refractivity contribution in [2.75, 3.05) is 32.1 Å². The third-order valence-corrected chi connectivity index (χ3v) is 9.16. The van der Waals surface area contributed by atoms with Gasteiger partial charge in [0.05, 0.1) is 18.5 Å². The first-order chi connectivity index (χ1) is 19.2. The molecule has 1 aliphatic rings. The Hall–Kier alpha value is -2.86. The molecule has 0 amide bonds.